The number of thiocarbonyl (C=S) groups is 1. The molecule has 0 aliphatic carbocycles. The third kappa shape index (κ3) is 5.77. The molecule has 2 aromatic heterocycles. The Labute approximate surface area is 219 Å². The fourth-order valence-electron chi connectivity index (χ4n) is 3.85. The molecule has 1 saturated heterocycles. The van der Waals surface area contributed by atoms with Gasteiger partial charge in [0, 0.05) is 17.8 Å². The minimum Gasteiger partial charge on any atom is -0.369 e. The fraction of sp³-hybridized carbons (Fsp3) is 0.308. The van der Waals surface area contributed by atoms with Gasteiger partial charge in [-0.1, -0.05) is 86.0 Å². The van der Waals surface area contributed by atoms with Crippen LogP contribution in [0.3, 0.4) is 0 Å². The average Bonchev–Trinajstić information content (AvgIpc) is 3.10. The van der Waals surface area contributed by atoms with Crippen LogP contribution < -0.4 is 10.9 Å². The van der Waals surface area contributed by atoms with Gasteiger partial charge >= 0.3 is 0 Å². The van der Waals surface area contributed by atoms with Gasteiger partial charge in [0.15, 0.2) is 0 Å². The maximum Gasteiger partial charge on any atom is 0.267 e. The molecule has 3 aromatic rings. The molecule has 4 rings (SSSR count). The van der Waals surface area contributed by atoms with Crippen LogP contribution in [0.5, 0.6) is 0 Å². The van der Waals surface area contributed by atoms with Crippen molar-refractivity contribution < 1.29 is 4.79 Å². The Morgan fingerprint density at radius 1 is 1.14 bits per heavy atom. The minimum atomic E-state index is -0.248. The van der Waals surface area contributed by atoms with Gasteiger partial charge in [-0.15, -0.1) is 0 Å². The van der Waals surface area contributed by atoms with Crippen LogP contribution >= 0.6 is 35.6 Å². The number of pyridine rings is 1. The number of nitrogens with one attached hydrogen (secondary N) is 1. The number of amides is 1. The van der Waals surface area contributed by atoms with Crippen molar-refractivity contribution >= 4 is 63.3 Å². The van der Waals surface area contributed by atoms with E-state index in [2.05, 4.69) is 12.2 Å². The number of nitrogens with zero attached hydrogens (tertiary/aromatic N) is 3. The van der Waals surface area contributed by atoms with E-state index in [1.54, 1.807) is 18.3 Å². The highest BCUT2D eigenvalue weighted by Crippen LogP contribution is 2.34. The van der Waals surface area contributed by atoms with Crippen molar-refractivity contribution in [1.29, 1.82) is 0 Å². The molecule has 1 amide bonds. The molecule has 1 N–H and O–H groups in total. The van der Waals surface area contributed by atoms with E-state index in [9.17, 15) is 9.59 Å². The van der Waals surface area contributed by atoms with Crippen molar-refractivity contribution in [3.05, 3.63) is 79.6 Å². The molecular formula is C26H27ClN4O2S2. The second-order valence-corrected chi connectivity index (χ2v) is 10.5. The van der Waals surface area contributed by atoms with Gasteiger partial charge in [-0.25, -0.2) is 4.98 Å². The standard InChI is InChI=1S/C26H27ClN4O2S2/c1-3-4-5-8-13-28-23-19(24(32)30-15-17(2)11-12-22(30)29-23)14-21-25(33)31(26(34)35-21)16-18-9-6-7-10-20(18)27/h6-7,9-12,14-15,28H,3-5,8,13,16H2,1-2H3. The molecule has 6 nitrogen and oxygen atoms in total. The lowest BCUT2D eigenvalue weighted by atomic mass is 10.2. The van der Waals surface area contributed by atoms with Crippen molar-refractivity contribution in [2.75, 3.05) is 11.9 Å². The van der Waals surface area contributed by atoms with Gasteiger partial charge in [-0.2, -0.15) is 0 Å². The Morgan fingerprint density at radius 2 is 1.94 bits per heavy atom. The Balaban J connectivity index is 1.68. The zero-order valence-electron chi connectivity index (χ0n) is 19.7. The summed E-state index contributed by atoms with van der Waals surface area (Å²) >= 11 is 13.0. The lowest BCUT2D eigenvalue weighted by molar-refractivity contribution is -0.122. The molecule has 0 saturated carbocycles. The van der Waals surface area contributed by atoms with Crippen LogP contribution in [0.1, 0.15) is 49.3 Å². The highest BCUT2D eigenvalue weighted by atomic mass is 35.5. The molecule has 1 fully saturated rings. The van der Waals surface area contributed by atoms with Crippen LogP contribution in [-0.2, 0) is 11.3 Å². The van der Waals surface area contributed by atoms with E-state index in [0.29, 0.717) is 37.8 Å². The SMILES string of the molecule is CCCCCCNc1nc2ccc(C)cn2c(=O)c1C=C1SC(=S)N(Cc2ccccc2Cl)C1=O. The van der Waals surface area contributed by atoms with E-state index in [-0.39, 0.29) is 18.0 Å². The van der Waals surface area contributed by atoms with Crippen LogP contribution in [0.25, 0.3) is 11.7 Å². The predicted octanol–water partition coefficient (Wildman–Crippen LogP) is 6.05. The van der Waals surface area contributed by atoms with E-state index in [4.69, 9.17) is 28.8 Å². The van der Waals surface area contributed by atoms with Gasteiger partial charge in [0.2, 0.25) is 0 Å². The molecular weight excluding hydrogens is 500 g/mol. The topological polar surface area (TPSA) is 66.7 Å². The maximum absolute atomic E-state index is 13.5. The number of rotatable bonds is 9. The number of hydrogen-bond donors (Lipinski definition) is 1. The van der Waals surface area contributed by atoms with Gasteiger partial charge < -0.3 is 5.32 Å². The second-order valence-electron chi connectivity index (χ2n) is 8.46. The maximum atomic E-state index is 13.5. The number of hydrogen-bond acceptors (Lipinski definition) is 6. The molecule has 0 radical (unpaired) electrons. The Kier molecular flexibility index (Phi) is 8.26. The Bertz CT molecular complexity index is 1370. The van der Waals surface area contributed by atoms with Crippen LogP contribution in [0.2, 0.25) is 5.02 Å². The van der Waals surface area contributed by atoms with Crippen LogP contribution in [0, 0.1) is 6.92 Å². The first-order valence-corrected chi connectivity index (χ1v) is 13.2. The van der Waals surface area contributed by atoms with Crippen LogP contribution in [0.4, 0.5) is 5.82 Å². The summed E-state index contributed by atoms with van der Waals surface area (Å²) in [6.07, 6.45) is 7.76. The van der Waals surface area contributed by atoms with Gasteiger partial charge in [0.25, 0.3) is 11.5 Å². The number of carbonyl (C=O) groups is 1. The van der Waals surface area contributed by atoms with Crippen molar-refractivity contribution in [2.24, 2.45) is 0 Å². The van der Waals surface area contributed by atoms with Gasteiger partial charge in [0.05, 0.1) is 17.0 Å². The predicted molar refractivity (Wildman–Crippen MR) is 149 cm³/mol. The number of benzene rings is 1. The van der Waals surface area contributed by atoms with Crippen molar-refractivity contribution in [3.63, 3.8) is 0 Å². The van der Waals surface area contributed by atoms with Gasteiger partial charge in [-0.05, 0) is 42.7 Å². The smallest absolute Gasteiger partial charge is 0.267 e. The highest BCUT2D eigenvalue weighted by Gasteiger charge is 2.33. The fourth-order valence-corrected chi connectivity index (χ4v) is 5.28. The summed E-state index contributed by atoms with van der Waals surface area (Å²) < 4.78 is 1.95. The van der Waals surface area contributed by atoms with Crippen molar-refractivity contribution in [2.45, 2.75) is 46.1 Å². The monoisotopic (exact) mass is 526 g/mol. The highest BCUT2D eigenvalue weighted by molar-refractivity contribution is 8.26. The zero-order valence-corrected chi connectivity index (χ0v) is 22.1. The first-order valence-electron chi connectivity index (χ1n) is 11.6. The molecule has 0 atom stereocenters. The number of thioether (sulfide) groups is 1. The van der Waals surface area contributed by atoms with E-state index in [1.165, 1.54) is 21.1 Å². The van der Waals surface area contributed by atoms with E-state index in [0.717, 1.165) is 36.8 Å². The molecule has 35 heavy (non-hydrogen) atoms. The second kappa shape index (κ2) is 11.4. The number of fused-ring (bicyclic) bond motifs is 1. The molecule has 182 valence electrons. The third-order valence-electron chi connectivity index (χ3n) is 5.76. The summed E-state index contributed by atoms with van der Waals surface area (Å²) in [6, 6.07) is 11.1. The zero-order chi connectivity index (χ0) is 24.9. The third-order valence-corrected chi connectivity index (χ3v) is 7.51. The first kappa shape index (κ1) is 25.4. The van der Waals surface area contributed by atoms with Crippen LogP contribution in [0.15, 0.2) is 52.3 Å². The number of aromatic nitrogens is 2. The normalized spacial score (nSPS) is 14.9. The van der Waals surface area contributed by atoms with Gasteiger partial charge in [-0.3, -0.25) is 18.9 Å². The molecule has 0 unspecified atom stereocenters. The molecule has 9 heteroatoms. The number of unbranched alkanes of at least 4 members (excludes halogenated alkanes) is 3. The molecule has 1 aliphatic heterocycles. The average molecular weight is 527 g/mol. The van der Waals surface area contributed by atoms with Crippen molar-refractivity contribution in [1.82, 2.24) is 14.3 Å². The van der Waals surface area contributed by atoms with Gasteiger partial charge in [0.1, 0.15) is 15.8 Å². The molecule has 0 spiro atoms. The number of aryl methyl sites for hydroxylation is 1. The number of halogens is 1. The summed E-state index contributed by atoms with van der Waals surface area (Å²) in [5.41, 5.74) is 2.43. The molecule has 0 bridgehead atoms. The van der Waals surface area contributed by atoms with Crippen LogP contribution in [-0.4, -0.2) is 31.1 Å². The summed E-state index contributed by atoms with van der Waals surface area (Å²) in [5.74, 6) is 0.231. The van der Waals surface area contributed by atoms with E-state index in [1.807, 2.05) is 37.3 Å². The Morgan fingerprint density at radius 3 is 2.71 bits per heavy atom. The van der Waals surface area contributed by atoms with E-state index >= 15 is 0 Å². The first-order chi connectivity index (χ1) is 16.9. The molecule has 1 aliphatic rings. The van der Waals surface area contributed by atoms with Crippen molar-refractivity contribution in [3.8, 4) is 0 Å². The lowest BCUT2D eigenvalue weighted by Gasteiger charge is -2.15. The van der Waals surface area contributed by atoms with E-state index < -0.39 is 0 Å². The summed E-state index contributed by atoms with van der Waals surface area (Å²) in [6.45, 7) is 5.06. The summed E-state index contributed by atoms with van der Waals surface area (Å²) in [7, 11) is 0. The quantitative estimate of drug-likeness (QED) is 0.208. The largest absolute Gasteiger partial charge is 0.369 e. The molecule has 3 heterocycles. The lowest BCUT2D eigenvalue weighted by Crippen LogP contribution is -2.27. The Hall–Kier alpha value is -2.68. The molecule has 1 aromatic carbocycles. The summed E-state index contributed by atoms with van der Waals surface area (Å²) in [5, 5.41) is 3.90. The summed E-state index contributed by atoms with van der Waals surface area (Å²) in [4.78, 5) is 33.4. The minimum absolute atomic E-state index is 0.230. The number of carbonyl (C=O) groups excluding carboxylic acids is 1. The number of anilines is 1.